The Labute approximate surface area is 195 Å². The Morgan fingerprint density at radius 3 is 2.56 bits per heavy atom. The molecule has 1 aromatic carbocycles. The molecule has 7 heteroatoms. The summed E-state index contributed by atoms with van der Waals surface area (Å²) >= 11 is 5.45. The molecular weight excluding hydrogens is 420 g/mol. The molecule has 0 spiro atoms. The van der Waals surface area contributed by atoms with Crippen molar-refractivity contribution in [2.75, 3.05) is 26.7 Å². The molecule has 3 heterocycles. The Bertz CT molecular complexity index is 1090. The third kappa shape index (κ3) is 3.94. The topological polar surface area (TPSA) is 48.8 Å². The van der Waals surface area contributed by atoms with E-state index in [0.717, 1.165) is 48.8 Å². The molecule has 0 aliphatic carbocycles. The second-order valence-corrected chi connectivity index (χ2v) is 9.23. The smallest absolute Gasteiger partial charge is 0.276 e. The zero-order valence-corrected chi connectivity index (χ0v) is 20.2. The number of amides is 2. The molecule has 1 aromatic heterocycles. The molecule has 0 saturated carbocycles. The molecule has 2 aromatic rings. The number of hydrogen-bond donors (Lipinski definition) is 0. The highest BCUT2D eigenvalue weighted by Gasteiger charge is 2.34. The Hall–Kier alpha value is -2.67. The van der Waals surface area contributed by atoms with Crippen molar-refractivity contribution in [1.82, 2.24) is 19.3 Å². The van der Waals surface area contributed by atoms with Crippen molar-refractivity contribution in [1.29, 1.82) is 0 Å². The molecule has 170 valence electrons. The van der Waals surface area contributed by atoms with Crippen molar-refractivity contribution in [2.45, 2.75) is 46.6 Å². The average Bonchev–Trinajstić information content (AvgIpc) is 3.24. The van der Waals surface area contributed by atoms with Gasteiger partial charge in [0.15, 0.2) is 5.11 Å². The van der Waals surface area contributed by atoms with Gasteiger partial charge in [0.25, 0.3) is 5.91 Å². The Morgan fingerprint density at radius 2 is 1.94 bits per heavy atom. The van der Waals surface area contributed by atoms with Crippen LogP contribution in [0.4, 0.5) is 0 Å². The van der Waals surface area contributed by atoms with Crippen molar-refractivity contribution in [3.05, 3.63) is 41.2 Å². The number of aromatic nitrogens is 1. The molecule has 2 saturated heterocycles. The Morgan fingerprint density at radius 1 is 1.22 bits per heavy atom. The highest BCUT2D eigenvalue weighted by atomic mass is 32.1. The first kappa shape index (κ1) is 22.5. The van der Waals surface area contributed by atoms with Crippen molar-refractivity contribution >= 4 is 46.1 Å². The van der Waals surface area contributed by atoms with Gasteiger partial charge in [0.05, 0.1) is 5.52 Å². The minimum absolute atomic E-state index is 0.0777. The van der Waals surface area contributed by atoms with Crippen LogP contribution in [0.5, 0.6) is 0 Å². The number of hydrogen-bond acceptors (Lipinski definition) is 3. The van der Waals surface area contributed by atoms with E-state index in [2.05, 4.69) is 30.5 Å². The number of para-hydroxylation sites is 1. The predicted molar refractivity (Wildman–Crippen MR) is 132 cm³/mol. The molecular formula is C25H32N4O2S. The number of rotatable bonds is 5. The maximum Gasteiger partial charge on any atom is 0.276 e. The normalized spacial score (nSPS) is 19.1. The monoisotopic (exact) mass is 452 g/mol. The molecule has 0 radical (unpaired) electrons. The van der Waals surface area contributed by atoms with Gasteiger partial charge in [-0.15, -0.1) is 0 Å². The van der Waals surface area contributed by atoms with Crippen LogP contribution in [0.1, 0.15) is 44.7 Å². The Kier molecular flexibility index (Phi) is 6.38. The van der Waals surface area contributed by atoms with Crippen LogP contribution < -0.4 is 0 Å². The molecule has 4 rings (SSSR count). The lowest BCUT2D eigenvalue weighted by Gasteiger charge is -2.30. The maximum absolute atomic E-state index is 13.1. The van der Waals surface area contributed by atoms with Crippen LogP contribution in [-0.4, -0.2) is 62.9 Å². The molecule has 2 fully saturated rings. The lowest BCUT2D eigenvalue weighted by Crippen LogP contribution is -2.39. The zero-order chi connectivity index (χ0) is 23.0. The average molecular weight is 453 g/mol. The van der Waals surface area contributed by atoms with E-state index in [1.165, 1.54) is 5.56 Å². The van der Waals surface area contributed by atoms with Crippen LogP contribution >= 0.6 is 12.2 Å². The van der Waals surface area contributed by atoms with Gasteiger partial charge >= 0.3 is 0 Å². The first-order valence-corrected chi connectivity index (χ1v) is 12.0. The number of fused-ring (bicyclic) bond motifs is 1. The summed E-state index contributed by atoms with van der Waals surface area (Å²) < 4.78 is 2.07. The fraction of sp³-hybridized carbons (Fsp3) is 0.480. The number of thiocarbonyl (C=S) groups is 1. The van der Waals surface area contributed by atoms with E-state index >= 15 is 0 Å². The lowest BCUT2D eigenvalue weighted by molar-refractivity contribution is -0.133. The van der Waals surface area contributed by atoms with E-state index in [-0.39, 0.29) is 11.8 Å². The van der Waals surface area contributed by atoms with Gasteiger partial charge in [-0.3, -0.25) is 14.5 Å². The van der Waals surface area contributed by atoms with Crippen LogP contribution in [0.3, 0.4) is 0 Å². The summed E-state index contributed by atoms with van der Waals surface area (Å²) in [6, 6.07) is 6.23. The molecule has 2 amide bonds. The van der Waals surface area contributed by atoms with Gasteiger partial charge in [0, 0.05) is 43.8 Å². The summed E-state index contributed by atoms with van der Waals surface area (Å²) in [5.41, 5.74) is 3.77. The molecule has 0 unspecified atom stereocenters. The molecule has 0 bridgehead atoms. The standard InChI is InChI=1S/C25H32N4O2S/c1-5-18-8-7-9-20-19(14-21-24(31)29(6-2)25(32)26(21)4)15-28(23(18)20)16-22(30)27-12-10-17(3)11-13-27/h7-9,14-15,17H,5-6,10-13,16H2,1-4H3/b21-14-. The van der Waals surface area contributed by atoms with Crippen LogP contribution in [0, 0.1) is 5.92 Å². The van der Waals surface area contributed by atoms with Gasteiger partial charge in [0.1, 0.15) is 12.2 Å². The predicted octanol–water partition coefficient (Wildman–Crippen LogP) is 3.88. The summed E-state index contributed by atoms with van der Waals surface area (Å²) in [5, 5.41) is 1.58. The first-order valence-electron chi connectivity index (χ1n) is 11.5. The molecule has 0 N–H and O–H groups in total. The van der Waals surface area contributed by atoms with E-state index < -0.39 is 0 Å². The van der Waals surface area contributed by atoms with Gasteiger partial charge in [-0.05, 0) is 56.0 Å². The summed E-state index contributed by atoms with van der Waals surface area (Å²) in [6.45, 7) is 8.83. The number of likely N-dealkylation sites (tertiary alicyclic amines) is 1. The number of benzene rings is 1. The molecule has 32 heavy (non-hydrogen) atoms. The molecule has 2 aliphatic heterocycles. The SMILES string of the molecule is CCc1cccc2c(/C=C3/C(=O)N(CC)C(=S)N3C)cn(CC(=O)N3CCC(C)CC3)c12. The molecule has 0 atom stereocenters. The minimum Gasteiger partial charge on any atom is -0.341 e. The van der Waals surface area contributed by atoms with E-state index in [9.17, 15) is 9.59 Å². The number of nitrogens with zero attached hydrogens (tertiary/aromatic N) is 4. The molecule has 2 aliphatic rings. The number of likely N-dealkylation sites (N-methyl/N-ethyl adjacent to an activating group) is 2. The Balaban J connectivity index is 1.73. The number of aryl methyl sites for hydroxylation is 1. The zero-order valence-electron chi connectivity index (χ0n) is 19.4. The maximum atomic E-state index is 13.1. The van der Waals surface area contributed by atoms with E-state index in [1.807, 2.05) is 37.2 Å². The van der Waals surface area contributed by atoms with Gasteiger partial charge in [-0.25, -0.2) is 0 Å². The lowest BCUT2D eigenvalue weighted by atomic mass is 9.99. The highest BCUT2D eigenvalue weighted by molar-refractivity contribution is 7.80. The van der Waals surface area contributed by atoms with Gasteiger partial charge in [0.2, 0.25) is 5.91 Å². The summed E-state index contributed by atoms with van der Waals surface area (Å²) in [4.78, 5) is 31.4. The minimum atomic E-state index is -0.0777. The van der Waals surface area contributed by atoms with Gasteiger partial charge in [-0.2, -0.15) is 0 Å². The molecule has 6 nitrogen and oxygen atoms in total. The van der Waals surface area contributed by atoms with E-state index in [1.54, 1.807) is 9.80 Å². The summed E-state index contributed by atoms with van der Waals surface area (Å²) in [5.74, 6) is 0.767. The van der Waals surface area contributed by atoms with Gasteiger partial charge in [-0.1, -0.05) is 32.0 Å². The van der Waals surface area contributed by atoms with Crippen molar-refractivity contribution < 1.29 is 9.59 Å². The van der Waals surface area contributed by atoms with E-state index in [4.69, 9.17) is 12.2 Å². The van der Waals surface area contributed by atoms with Crippen LogP contribution in [-0.2, 0) is 22.6 Å². The third-order valence-corrected chi connectivity index (χ3v) is 7.28. The van der Waals surface area contributed by atoms with Crippen molar-refractivity contribution in [3.63, 3.8) is 0 Å². The highest BCUT2D eigenvalue weighted by Crippen LogP contribution is 2.30. The van der Waals surface area contributed by atoms with E-state index in [0.29, 0.717) is 29.8 Å². The summed E-state index contributed by atoms with van der Waals surface area (Å²) in [7, 11) is 1.83. The van der Waals surface area contributed by atoms with Crippen molar-refractivity contribution in [2.24, 2.45) is 5.92 Å². The summed E-state index contributed by atoms with van der Waals surface area (Å²) in [6.07, 6.45) is 6.94. The largest absolute Gasteiger partial charge is 0.341 e. The van der Waals surface area contributed by atoms with Crippen LogP contribution in [0.15, 0.2) is 30.1 Å². The van der Waals surface area contributed by atoms with Crippen LogP contribution in [0.25, 0.3) is 17.0 Å². The fourth-order valence-electron chi connectivity index (χ4n) is 4.73. The quantitative estimate of drug-likeness (QED) is 0.510. The number of carbonyl (C=O) groups is 2. The van der Waals surface area contributed by atoms with Gasteiger partial charge < -0.3 is 14.4 Å². The fourth-order valence-corrected chi connectivity index (χ4v) is 5.04. The first-order chi connectivity index (χ1) is 15.3. The number of carbonyl (C=O) groups excluding carboxylic acids is 2. The number of piperidine rings is 1. The van der Waals surface area contributed by atoms with Crippen LogP contribution in [0.2, 0.25) is 0 Å². The van der Waals surface area contributed by atoms with Crippen molar-refractivity contribution in [3.8, 4) is 0 Å². The third-order valence-electron chi connectivity index (χ3n) is 6.79. The second kappa shape index (κ2) is 9.06. The second-order valence-electron chi connectivity index (χ2n) is 8.86.